The van der Waals surface area contributed by atoms with E-state index in [1.807, 2.05) is 0 Å². The molecule has 6 atom stereocenters. The lowest BCUT2D eigenvalue weighted by Gasteiger charge is -2.42. The minimum atomic E-state index is -3.33. The van der Waals surface area contributed by atoms with Crippen LogP contribution in [-0.4, -0.2) is 90.1 Å². The van der Waals surface area contributed by atoms with Gasteiger partial charge in [0.05, 0.1) is 22.6 Å². The summed E-state index contributed by atoms with van der Waals surface area (Å²) in [5, 5.41) is 11.1. The maximum atomic E-state index is 14.4. The lowest BCUT2D eigenvalue weighted by Crippen LogP contribution is -2.63. The predicted octanol–water partition coefficient (Wildman–Crippen LogP) is 2.88. The Bertz CT molecular complexity index is 1390. The minimum absolute atomic E-state index is 0.0209. The molecule has 5 amide bonds. The van der Waals surface area contributed by atoms with Crippen molar-refractivity contribution in [2.75, 3.05) is 12.3 Å². The molecular formula is C35H55N5O7S. The zero-order valence-electron chi connectivity index (χ0n) is 28.7. The maximum absolute atomic E-state index is 14.4. The van der Waals surface area contributed by atoms with E-state index >= 15 is 0 Å². The molecule has 0 aromatic heterocycles. The minimum Gasteiger partial charge on any atom is -0.347 e. The molecule has 12 nitrogen and oxygen atoms in total. The first kappa shape index (κ1) is 35.1. The number of fused-ring (bicyclic) bond motifs is 3. The van der Waals surface area contributed by atoms with Crippen LogP contribution >= 0.6 is 0 Å². The molecule has 0 bridgehead atoms. The third-order valence-corrected chi connectivity index (χ3v) is 14.8. The first-order chi connectivity index (χ1) is 22.8. The zero-order chi connectivity index (χ0) is 34.3. The highest BCUT2D eigenvalue weighted by Gasteiger charge is 2.69. The fourth-order valence-electron chi connectivity index (χ4n) is 9.39. The van der Waals surface area contributed by atoms with E-state index in [4.69, 9.17) is 0 Å². The Morgan fingerprint density at radius 1 is 0.812 bits per heavy atom. The largest absolute Gasteiger partial charge is 0.347 e. The number of carbonyl (C=O) groups is 5. The van der Waals surface area contributed by atoms with Crippen molar-refractivity contribution < 1.29 is 32.4 Å². The first-order valence-electron chi connectivity index (χ1n) is 18.6. The number of nitrogens with zero attached hydrogens (tertiary/aromatic N) is 1. The Hall–Kier alpha value is -2.70. The smallest absolute Gasteiger partial charge is 0.315 e. The Kier molecular flexibility index (Phi) is 10.2. The van der Waals surface area contributed by atoms with Gasteiger partial charge in [-0.05, 0) is 68.6 Å². The van der Waals surface area contributed by atoms with Crippen molar-refractivity contribution in [3.05, 3.63) is 0 Å². The highest BCUT2D eigenvalue weighted by molar-refractivity contribution is 7.92. The van der Waals surface area contributed by atoms with Gasteiger partial charge < -0.3 is 26.2 Å². The second-order valence-electron chi connectivity index (χ2n) is 16.1. The number of hydrogen-bond acceptors (Lipinski definition) is 7. The van der Waals surface area contributed by atoms with Crippen LogP contribution in [0.4, 0.5) is 4.79 Å². The number of Topliss-reactive ketones (excluding diaryl/α,β-unsaturated/α-hetero) is 1. The molecule has 3 saturated heterocycles. The van der Waals surface area contributed by atoms with Gasteiger partial charge in [-0.2, -0.15) is 0 Å². The summed E-state index contributed by atoms with van der Waals surface area (Å²) in [4.78, 5) is 69.8. The molecule has 3 saturated carbocycles. The van der Waals surface area contributed by atoms with Gasteiger partial charge >= 0.3 is 6.03 Å². The van der Waals surface area contributed by atoms with E-state index in [9.17, 15) is 32.4 Å². The van der Waals surface area contributed by atoms with Crippen LogP contribution in [0.2, 0.25) is 0 Å². The van der Waals surface area contributed by atoms with Crippen molar-refractivity contribution in [3.63, 3.8) is 0 Å². The number of nitrogens with one attached hydrogen (secondary N) is 4. The molecule has 0 aromatic rings. The van der Waals surface area contributed by atoms with Crippen molar-refractivity contribution in [3.8, 4) is 0 Å². The van der Waals surface area contributed by atoms with Crippen LogP contribution in [0, 0.1) is 17.3 Å². The number of urea groups is 1. The SMILES string of the molecule is CC1(C)[C@@H]2[C@H]3C(=O)N[C@H](C(=O)C(=O)NC4CC4)CCCCCCCC[C@H](NC(=O)NC4([C@@H]5CCCS5(=O)=O)CCCCC4)C(=O)N3C[C@@H]21. The monoisotopic (exact) mass is 689 g/mol. The molecule has 6 fully saturated rings. The normalized spacial score (nSPS) is 34.8. The van der Waals surface area contributed by atoms with Gasteiger partial charge in [0.15, 0.2) is 9.84 Å². The van der Waals surface area contributed by atoms with E-state index in [0.717, 1.165) is 57.8 Å². The Balaban J connectivity index is 1.21. The molecule has 3 aliphatic heterocycles. The number of sulfone groups is 1. The van der Waals surface area contributed by atoms with Crippen LogP contribution in [0.3, 0.4) is 0 Å². The van der Waals surface area contributed by atoms with Crippen LogP contribution in [0.1, 0.15) is 123 Å². The second kappa shape index (κ2) is 13.9. The van der Waals surface area contributed by atoms with Crippen LogP contribution < -0.4 is 21.3 Å². The van der Waals surface area contributed by atoms with Crippen molar-refractivity contribution in [2.24, 2.45) is 17.3 Å². The van der Waals surface area contributed by atoms with E-state index in [2.05, 4.69) is 35.1 Å². The highest BCUT2D eigenvalue weighted by Crippen LogP contribution is 2.65. The molecule has 0 radical (unpaired) electrons. The molecular weight excluding hydrogens is 634 g/mol. The average molecular weight is 690 g/mol. The summed E-state index contributed by atoms with van der Waals surface area (Å²) in [5.41, 5.74) is -1.01. The summed E-state index contributed by atoms with van der Waals surface area (Å²) in [6.45, 7) is 4.55. The Morgan fingerprint density at radius 3 is 2.10 bits per heavy atom. The van der Waals surface area contributed by atoms with Crippen LogP contribution in [0.15, 0.2) is 0 Å². The van der Waals surface area contributed by atoms with Gasteiger partial charge in [0.1, 0.15) is 12.1 Å². The summed E-state index contributed by atoms with van der Waals surface area (Å²) < 4.78 is 26.1. The van der Waals surface area contributed by atoms with Crippen molar-refractivity contribution in [1.29, 1.82) is 0 Å². The molecule has 0 aromatic carbocycles. The number of ketones is 1. The quantitative estimate of drug-likeness (QED) is 0.311. The van der Waals surface area contributed by atoms with Crippen LogP contribution in [0.25, 0.3) is 0 Å². The first-order valence-corrected chi connectivity index (χ1v) is 20.3. The van der Waals surface area contributed by atoms with Crippen LogP contribution in [0.5, 0.6) is 0 Å². The molecule has 6 rings (SSSR count). The van der Waals surface area contributed by atoms with E-state index in [0.29, 0.717) is 57.9 Å². The number of hydrogen-bond donors (Lipinski definition) is 4. The molecule has 4 N–H and O–H groups in total. The highest BCUT2D eigenvalue weighted by atomic mass is 32.2. The van der Waals surface area contributed by atoms with E-state index < -0.39 is 62.4 Å². The lowest BCUT2D eigenvalue weighted by molar-refractivity contribution is -0.144. The zero-order valence-corrected chi connectivity index (χ0v) is 29.5. The molecule has 6 aliphatic rings. The standard InChI is InChI=1S/C35H55N5O7S/c1-34(2)23-21-40-28(27(23)34)30(42)37-24(29(41)31(43)36-22-16-17-22)13-8-5-3-4-6-9-14-25(32(40)44)38-33(45)39-35(18-10-7-11-19-35)26-15-12-20-48(26,46)47/h22-28H,3-21H2,1-2H3,(H,36,43)(H,37,42)(H2,38,39,45)/t23-,24-,25-,26-,27-,28-/m0/s1. The van der Waals surface area contributed by atoms with Gasteiger partial charge in [0, 0.05) is 12.6 Å². The van der Waals surface area contributed by atoms with Gasteiger partial charge in [-0.3, -0.25) is 19.2 Å². The Morgan fingerprint density at radius 2 is 1.46 bits per heavy atom. The molecule has 268 valence electrons. The summed E-state index contributed by atoms with van der Waals surface area (Å²) in [7, 11) is -3.33. The van der Waals surface area contributed by atoms with Crippen molar-refractivity contribution >= 4 is 39.4 Å². The maximum Gasteiger partial charge on any atom is 0.315 e. The van der Waals surface area contributed by atoms with Gasteiger partial charge in [-0.15, -0.1) is 0 Å². The third kappa shape index (κ3) is 7.26. The predicted molar refractivity (Wildman–Crippen MR) is 179 cm³/mol. The molecule has 0 spiro atoms. The molecule has 3 heterocycles. The van der Waals surface area contributed by atoms with Gasteiger partial charge in [0.2, 0.25) is 17.6 Å². The third-order valence-electron chi connectivity index (χ3n) is 12.4. The second-order valence-corrected chi connectivity index (χ2v) is 18.4. The Labute approximate surface area is 285 Å². The fourth-order valence-corrected chi connectivity index (χ4v) is 11.7. The lowest BCUT2D eigenvalue weighted by atomic mass is 9.78. The van der Waals surface area contributed by atoms with Gasteiger partial charge in [0.25, 0.3) is 5.91 Å². The molecule has 13 heteroatoms. The number of rotatable bonds is 6. The topological polar surface area (TPSA) is 171 Å². The fraction of sp³-hybridized carbons (Fsp3) is 0.857. The average Bonchev–Trinajstić information content (AvgIpc) is 3.82. The molecule has 0 unspecified atom stereocenters. The van der Waals surface area contributed by atoms with Crippen molar-refractivity contribution in [1.82, 2.24) is 26.2 Å². The van der Waals surface area contributed by atoms with Gasteiger partial charge in [-0.1, -0.05) is 71.6 Å². The van der Waals surface area contributed by atoms with Crippen molar-refractivity contribution in [2.45, 2.75) is 158 Å². The molecule has 48 heavy (non-hydrogen) atoms. The summed E-state index contributed by atoms with van der Waals surface area (Å²) >= 11 is 0. The van der Waals surface area contributed by atoms with Crippen LogP contribution in [-0.2, 0) is 29.0 Å². The van der Waals surface area contributed by atoms with Gasteiger partial charge in [-0.25, -0.2) is 13.2 Å². The number of amides is 5. The summed E-state index contributed by atoms with van der Waals surface area (Å²) in [5.74, 6) is -1.91. The summed E-state index contributed by atoms with van der Waals surface area (Å²) in [6.07, 6.45) is 12.4. The van der Waals surface area contributed by atoms with E-state index in [1.165, 1.54) is 0 Å². The van der Waals surface area contributed by atoms with E-state index in [-0.39, 0.29) is 35.0 Å². The summed E-state index contributed by atoms with van der Waals surface area (Å²) in [6, 6.07) is -3.17. The number of carbonyl (C=O) groups excluding carboxylic acids is 5. The molecule has 3 aliphatic carbocycles. The number of piperidine rings is 1. The van der Waals surface area contributed by atoms with E-state index in [1.54, 1.807) is 4.90 Å².